The predicted octanol–water partition coefficient (Wildman–Crippen LogP) is -0.980. The molecule has 1 aromatic rings. The van der Waals surface area contributed by atoms with Crippen molar-refractivity contribution in [2.75, 3.05) is 12.3 Å². The standard InChI is InChI=1S/C10H13F2N3O4/c1-4-2-15(9(18)14-7(4)13)8-10(11,12)6(17)5(3-16)19-8/h2,5-6,8,16-17H,3H2,1H3,(H2,13,14,18)/t5-,6-,8-/m1/s1. The van der Waals surface area contributed by atoms with Crippen LogP contribution in [0, 0.1) is 6.92 Å². The lowest BCUT2D eigenvalue weighted by atomic mass is 10.1. The fourth-order valence-electron chi connectivity index (χ4n) is 1.87. The van der Waals surface area contributed by atoms with E-state index in [1.54, 1.807) is 0 Å². The van der Waals surface area contributed by atoms with Crippen LogP contribution < -0.4 is 11.4 Å². The molecule has 7 nitrogen and oxygen atoms in total. The molecule has 2 rings (SSSR count). The van der Waals surface area contributed by atoms with Gasteiger partial charge in [0, 0.05) is 11.8 Å². The fourth-order valence-corrected chi connectivity index (χ4v) is 1.87. The smallest absolute Gasteiger partial charge is 0.351 e. The van der Waals surface area contributed by atoms with Gasteiger partial charge in [0.2, 0.25) is 6.23 Å². The highest BCUT2D eigenvalue weighted by molar-refractivity contribution is 5.35. The van der Waals surface area contributed by atoms with Gasteiger partial charge < -0.3 is 20.7 Å². The number of ether oxygens (including phenoxy) is 1. The summed E-state index contributed by atoms with van der Waals surface area (Å²) in [7, 11) is 0. The van der Waals surface area contributed by atoms with Gasteiger partial charge >= 0.3 is 11.6 Å². The Kier molecular flexibility index (Phi) is 3.29. The first kappa shape index (κ1) is 13.8. The molecule has 4 N–H and O–H groups in total. The van der Waals surface area contributed by atoms with Gasteiger partial charge in [0.1, 0.15) is 11.9 Å². The number of hydrogen-bond donors (Lipinski definition) is 3. The first-order chi connectivity index (χ1) is 8.78. The normalized spacial score (nSPS) is 29.6. The largest absolute Gasteiger partial charge is 0.394 e. The minimum atomic E-state index is -3.72. The maximum atomic E-state index is 13.8. The van der Waals surface area contributed by atoms with Crippen molar-refractivity contribution in [3.63, 3.8) is 0 Å². The van der Waals surface area contributed by atoms with Crippen LogP contribution in [0.15, 0.2) is 11.0 Å². The summed E-state index contributed by atoms with van der Waals surface area (Å²) in [6.45, 7) is 0.703. The first-order valence-electron chi connectivity index (χ1n) is 5.46. The number of halogens is 2. The third-order valence-electron chi connectivity index (χ3n) is 2.99. The number of aliphatic hydroxyl groups is 2. The van der Waals surface area contributed by atoms with Crippen LogP contribution in [-0.2, 0) is 4.74 Å². The maximum absolute atomic E-state index is 13.8. The van der Waals surface area contributed by atoms with E-state index in [2.05, 4.69) is 4.98 Å². The van der Waals surface area contributed by atoms with Gasteiger partial charge in [0.25, 0.3) is 0 Å². The topological polar surface area (TPSA) is 111 Å². The molecule has 0 aliphatic carbocycles. The summed E-state index contributed by atoms with van der Waals surface area (Å²) < 4.78 is 33.1. The summed E-state index contributed by atoms with van der Waals surface area (Å²) in [5.74, 6) is -3.79. The second-order valence-corrected chi connectivity index (χ2v) is 4.33. The van der Waals surface area contributed by atoms with Crippen LogP contribution in [0.5, 0.6) is 0 Å². The van der Waals surface area contributed by atoms with Crippen molar-refractivity contribution in [3.8, 4) is 0 Å². The molecule has 1 aliphatic rings. The van der Waals surface area contributed by atoms with Crippen LogP contribution in [0.2, 0.25) is 0 Å². The van der Waals surface area contributed by atoms with Crippen LogP contribution in [0.1, 0.15) is 11.8 Å². The van der Waals surface area contributed by atoms with E-state index in [0.717, 1.165) is 6.20 Å². The summed E-state index contributed by atoms with van der Waals surface area (Å²) >= 11 is 0. The van der Waals surface area contributed by atoms with Crippen molar-refractivity contribution in [2.24, 2.45) is 0 Å². The Morgan fingerprint density at radius 2 is 2.26 bits per heavy atom. The van der Waals surface area contributed by atoms with Crippen LogP contribution in [0.3, 0.4) is 0 Å². The summed E-state index contributed by atoms with van der Waals surface area (Å²) in [6.07, 6.45) is -4.62. The fraction of sp³-hybridized carbons (Fsp3) is 0.600. The average molecular weight is 277 g/mol. The number of nitrogens with zero attached hydrogens (tertiary/aromatic N) is 2. The molecule has 1 aromatic heterocycles. The predicted molar refractivity (Wildman–Crippen MR) is 59.6 cm³/mol. The highest BCUT2D eigenvalue weighted by Crippen LogP contribution is 2.42. The van der Waals surface area contributed by atoms with Gasteiger partial charge in [-0.25, -0.2) is 4.79 Å². The van der Waals surface area contributed by atoms with Crippen LogP contribution in [0.4, 0.5) is 14.6 Å². The third kappa shape index (κ3) is 2.09. The number of rotatable bonds is 2. The highest BCUT2D eigenvalue weighted by atomic mass is 19.3. The van der Waals surface area contributed by atoms with E-state index in [1.165, 1.54) is 6.92 Å². The van der Waals surface area contributed by atoms with Gasteiger partial charge in [-0.2, -0.15) is 13.8 Å². The number of aliphatic hydroxyl groups excluding tert-OH is 2. The lowest BCUT2D eigenvalue weighted by Crippen LogP contribution is -2.42. The zero-order valence-corrected chi connectivity index (χ0v) is 9.96. The minimum Gasteiger partial charge on any atom is -0.394 e. The molecule has 0 unspecified atom stereocenters. The Morgan fingerprint density at radius 3 is 2.79 bits per heavy atom. The summed E-state index contributed by atoms with van der Waals surface area (Å²) in [5, 5.41) is 18.2. The number of nitrogens with two attached hydrogens (primary N) is 1. The Labute approximate surface area is 106 Å². The minimum absolute atomic E-state index is 0.0678. The number of aromatic nitrogens is 2. The molecule has 0 bridgehead atoms. The number of hydrogen-bond acceptors (Lipinski definition) is 6. The zero-order valence-electron chi connectivity index (χ0n) is 9.96. The zero-order chi connectivity index (χ0) is 14.4. The lowest BCUT2D eigenvalue weighted by molar-refractivity contribution is -0.141. The van der Waals surface area contributed by atoms with Crippen LogP contribution in [-0.4, -0.2) is 44.5 Å². The van der Waals surface area contributed by atoms with Gasteiger partial charge in [0.15, 0.2) is 6.10 Å². The molecular weight excluding hydrogens is 264 g/mol. The molecule has 0 aromatic carbocycles. The molecule has 1 fully saturated rings. The number of alkyl halides is 2. The van der Waals surface area contributed by atoms with Crippen LogP contribution in [0.25, 0.3) is 0 Å². The molecule has 1 saturated heterocycles. The maximum Gasteiger partial charge on any atom is 0.351 e. The van der Waals surface area contributed by atoms with Crippen molar-refractivity contribution in [1.82, 2.24) is 9.55 Å². The average Bonchev–Trinajstić information content (AvgIpc) is 2.56. The van der Waals surface area contributed by atoms with Crippen molar-refractivity contribution >= 4 is 5.82 Å². The van der Waals surface area contributed by atoms with E-state index >= 15 is 0 Å². The van der Waals surface area contributed by atoms with E-state index in [9.17, 15) is 18.7 Å². The van der Waals surface area contributed by atoms with E-state index in [-0.39, 0.29) is 5.82 Å². The van der Waals surface area contributed by atoms with E-state index in [4.69, 9.17) is 15.6 Å². The monoisotopic (exact) mass is 277 g/mol. The van der Waals surface area contributed by atoms with Gasteiger partial charge in [-0.1, -0.05) is 0 Å². The van der Waals surface area contributed by atoms with Crippen molar-refractivity contribution in [2.45, 2.75) is 31.3 Å². The van der Waals surface area contributed by atoms with E-state index in [1.807, 2.05) is 0 Å². The molecule has 0 radical (unpaired) electrons. The van der Waals surface area contributed by atoms with E-state index < -0.39 is 36.7 Å². The highest BCUT2D eigenvalue weighted by Gasteiger charge is 2.59. The lowest BCUT2D eigenvalue weighted by Gasteiger charge is -2.21. The van der Waals surface area contributed by atoms with Crippen molar-refractivity contribution < 1.29 is 23.7 Å². The molecule has 9 heteroatoms. The molecule has 0 amide bonds. The SMILES string of the molecule is Cc1cn([C@@H]2O[C@H](CO)[C@@H](O)C2(F)F)c(=O)nc1N. The van der Waals surface area contributed by atoms with Crippen molar-refractivity contribution in [3.05, 3.63) is 22.2 Å². The van der Waals surface area contributed by atoms with Gasteiger partial charge in [-0.05, 0) is 6.92 Å². The number of nitrogen functional groups attached to an aromatic ring is 1. The Hall–Kier alpha value is -1.58. The van der Waals surface area contributed by atoms with Gasteiger partial charge in [-0.3, -0.25) is 4.57 Å². The Bertz CT molecular complexity index is 548. The molecule has 3 atom stereocenters. The molecule has 0 saturated carbocycles. The Balaban J connectivity index is 2.48. The van der Waals surface area contributed by atoms with Crippen LogP contribution >= 0.6 is 0 Å². The summed E-state index contributed by atoms with van der Waals surface area (Å²) in [5.41, 5.74) is 4.70. The van der Waals surface area contributed by atoms with Gasteiger partial charge in [-0.15, -0.1) is 0 Å². The first-order valence-corrected chi connectivity index (χ1v) is 5.46. The summed E-state index contributed by atoms with van der Waals surface area (Å²) in [6, 6.07) is 0. The third-order valence-corrected chi connectivity index (χ3v) is 2.99. The van der Waals surface area contributed by atoms with Gasteiger partial charge in [0.05, 0.1) is 6.61 Å². The molecule has 0 spiro atoms. The second kappa shape index (κ2) is 4.51. The number of anilines is 1. The molecular formula is C10H13F2N3O4. The summed E-state index contributed by atoms with van der Waals surface area (Å²) in [4.78, 5) is 15.0. The second-order valence-electron chi connectivity index (χ2n) is 4.33. The Morgan fingerprint density at radius 1 is 1.63 bits per heavy atom. The molecule has 2 heterocycles. The van der Waals surface area contributed by atoms with Crippen molar-refractivity contribution in [1.29, 1.82) is 0 Å². The molecule has 19 heavy (non-hydrogen) atoms. The molecule has 1 aliphatic heterocycles. The molecule has 106 valence electrons. The number of aryl methyl sites for hydroxylation is 1. The quantitative estimate of drug-likeness (QED) is 0.641. The van der Waals surface area contributed by atoms with E-state index in [0.29, 0.717) is 10.1 Å².